The van der Waals surface area contributed by atoms with Gasteiger partial charge in [-0.3, -0.25) is 9.69 Å². The molecular weight excluding hydrogens is 426 g/mol. The van der Waals surface area contributed by atoms with Crippen molar-refractivity contribution in [2.75, 3.05) is 32.7 Å². The van der Waals surface area contributed by atoms with Crippen molar-refractivity contribution in [2.45, 2.75) is 57.4 Å². The summed E-state index contributed by atoms with van der Waals surface area (Å²) in [5, 5.41) is 14.6. The standard InChI is InChI=1S/C28H37N3O3/c1-28(2)27(33)26(29-18-20-8-9-20)23-16-22(10-11-24(23)34-28)17-25(32)31-14-12-30(13-15-31)19-21-6-4-3-5-7-21/h3-7,10-11,16,20,26-27,29,33H,8-9,12-15,17-19H2,1-2H3. The molecule has 2 aromatic rings. The van der Waals surface area contributed by atoms with E-state index in [0.29, 0.717) is 12.3 Å². The molecule has 2 aromatic carbocycles. The van der Waals surface area contributed by atoms with Crippen molar-refractivity contribution < 1.29 is 14.6 Å². The first-order valence-corrected chi connectivity index (χ1v) is 12.7. The number of hydrogen-bond donors (Lipinski definition) is 2. The predicted molar refractivity (Wildman–Crippen MR) is 133 cm³/mol. The van der Waals surface area contributed by atoms with E-state index in [-0.39, 0.29) is 11.9 Å². The van der Waals surface area contributed by atoms with Crippen LogP contribution in [0.3, 0.4) is 0 Å². The summed E-state index contributed by atoms with van der Waals surface area (Å²) in [6.45, 7) is 9.02. The van der Waals surface area contributed by atoms with Gasteiger partial charge in [0.15, 0.2) is 0 Å². The largest absolute Gasteiger partial charge is 0.485 e. The fourth-order valence-corrected chi connectivity index (χ4v) is 5.08. The molecule has 1 aliphatic carbocycles. The summed E-state index contributed by atoms with van der Waals surface area (Å²) in [6, 6.07) is 16.3. The number of hydrogen-bond acceptors (Lipinski definition) is 5. The van der Waals surface area contributed by atoms with Crippen LogP contribution in [0.5, 0.6) is 5.75 Å². The van der Waals surface area contributed by atoms with Crippen LogP contribution in [0.4, 0.5) is 0 Å². The lowest BCUT2D eigenvalue weighted by molar-refractivity contribution is -0.132. The summed E-state index contributed by atoms with van der Waals surface area (Å²) in [5.41, 5.74) is 2.59. The Morgan fingerprint density at radius 1 is 1.06 bits per heavy atom. The van der Waals surface area contributed by atoms with Gasteiger partial charge in [0.1, 0.15) is 17.5 Å². The molecule has 1 saturated carbocycles. The first-order valence-electron chi connectivity index (χ1n) is 12.7. The molecule has 6 nitrogen and oxygen atoms in total. The van der Waals surface area contributed by atoms with Crippen molar-refractivity contribution >= 4 is 5.91 Å². The Labute approximate surface area is 202 Å². The van der Waals surface area contributed by atoms with Crippen LogP contribution in [0, 0.1) is 5.92 Å². The van der Waals surface area contributed by atoms with Crippen molar-refractivity contribution in [1.29, 1.82) is 0 Å². The average Bonchev–Trinajstić information content (AvgIpc) is 3.65. The Balaban J connectivity index is 1.21. The Morgan fingerprint density at radius 3 is 2.50 bits per heavy atom. The molecule has 2 unspecified atom stereocenters. The minimum Gasteiger partial charge on any atom is -0.485 e. The summed E-state index contributed by atoms with van der Waals surface area (Å²) in [4.78, 5) is 17.5. The minimum absolute atomic E-state index is 0.166. The molecule has 0 spiro atoms. The lowest BCUT2D eigenvalue weighted by Gasteiger charge is -2.42. The van der Waals surface area contributed by atoms with Crippen LogP contribution in [0.15, 0.2) is 48.5 Å². The number of ether oxygens (including phenoxy) is 1. The molecule has 3 aliphatic rings. The van der Waals surface area contributed by atoms with Gasteiger partial charge < -0.3 is 20.1 Å². The quantitative estimate of drug-likeness (QED) is 0.661. The molecule has 5 rings (SSSR count). The van der Waals surface area contributed by atoms with Crippen molar-refractivity contribution in [2.24, 2.45) is 5.92 Å². The molecule has 6 heteroatoms. The maximum absolute atomic E-state index is 13.1. The Hall–Kier alpha value is -2.41. The van der Waals surface area contributed by atoms with Gasteiger partial charge in [0, 0.05) is 38.3 Å². The van der Waals surface area contributed by atoms with E-state index in [1.165, 1.54) is 18.4 Å². The summed E-state index contributed by atoms with van der Waals surface area (Å²) < 4.78 is 6.13. The highest BCUT2D eigenvalue weighted by atomic mass is 16.5. The van der Waals surface area contributed by atoms with E-state index in [0.717, 1.165) is 56.1 Å². The third-order valence-corrected chi connectivity index (χ3v) is 7.46. The van der Waals surface area contributed by atoms with Crippen molar-refractivity contribution in [3.05, 3.63) is 65.2 Å². The number of fused-ring (bicyclic) bond motifs is 1. The maximum Gasteiger partial charge on any atom is 0.227 e. The number of rotatable bonds is 7. The number of carbonyl (C=O) groups excluding carboxylic acids is 1. The second-order valence-corrected chi connectivity index (χ2v) is 10.7. The van der Waals surface area contributed by atoms with Crippen molar-refractivity contribution in [1.82, 2.24) is 15.1 Å². The zero-order valence-electron chi connectivity index (χ0n) is 20.4. The van der Waals surface area contributed by atoms with E-state index in [1.54, 1.807) is 0 Å². The number of aliphatic hydroxyl groups is 1. The number of amides is 1. The molecule has 182 valence electrons. The third-order valence-electron chi connectivity index (χ3n) is 7.46. The summed E-state index contributed by atoms with van der Waals surface area (Å²) >= 11 is 0. The number of benzene rings is 2. The highest BCUT2D eigenvalue weighted by Gasteiger charge is 2.43. The SMILES string of the molecule is CC1(C)Oc2ccc(CC(=O)N3CCN(Cc4ccccc4)CC3)cc2C(NCC2CC2)C1O. The van der Waals surface area contributed by atoms with Gasteiger partial charge in [0.25, 0.3) is 0 Å². The summed E-state index contributed by atoms with van der Waals surface area (Å²) in [7, 11) is 0. The van der Waals surface area contributed by atoms with Gasteiger partial charge >= 0.3 is 0 Å². The number of carbonyl (C=O) groups is 1. The van der Waals surface area contributed by atoms with E-state index in [4.69, 9.17) is 4.74 Å². The molecule has 2 fully saturated rings. The van der Waals surface area contributed by atoms with Gasteiger partial charge in [-0.15, -0.1) is 0 Å². The van der Waals surface area contributed by atoms with E-state index in [9.17, 15) is 9.90 Å². The van der Waals surface area contributed by atoms with Crippen LogP contribution < -0.4 is 10.1 Å². The highest BCUT2D eigenvalue weighted by molar-refractivity contribution is 5.79. The molecule has 2 N–H and O–H groups in total. The van der Waals surface area contributed by atoms with E-state index in [2.05, 4.69) is 40.5 Å². The van der Waals surface area contributed by atoms with Gasteiger partial charge in [-0.05, 0) is 62.4 Å². The third kappa shape index (κ3) is 5.29. The topological polar surface area (TPSA) is 65.0 Å². The minimum atomic E-state index is -0.662. The molecule has 1 saturated heterocycles. The first-order chi connectivity index (χ1) is 16.4. The van der Waals surface area contributed by atoms with Gasteiger partial charge in [0.05, 0.1) is 12.5 Å². The smallest absolute Gasteiger partial charge is 0.227 e. The Morgan fingerprint density at radius 2 is 1.79 bits per heavy atom. The van der Waals surface area contributed by atoms with Crippen LogP contribution in [0.25, 0.3) is 0 Å². The monoisotopic (exact) mass is 463 g/mol. The van der Waals surface area contributed by atoms with Crippen LogP contribution in [-0.4, -0.2) is 65.2 Å². The van der Waals surface area contributed by atoms with E-state index < -0.39 is 11.7 Å². The van der Waals surface area contributed by atoms with Crippen LogP contribution in [0.1, 0.15) is 49.4 Å². The maximum atomic E-state index is 13.1. The van der Waals surface area contributed by atoms with Gasteiger partial charge in [-0.2, -0.15) is 0 Å². The zero-order valence-corrected chi connectivity index (χ0v) is 20.4. The molecule has 2 atom stereocenters. The second kappa shape index (κ2) is 9.68. The molecule has 0 radical (unpaired) electrons. The summed E-state index contributed by atoms with van der Waals surface area (Å²) in [6.07, 6.45) is 2.24. The van der Waals surface area contributed by atoms with Crippen molar-refractivity contribution in [3.63, 3.8) is 0 Å². The Kier molecular flexibility index (Phi) is 6.65. The molecule has 0 aromatic heterocycles. The van der Waals surface area contributed by atoms with Crippen LogP contribution in [-0.2, 0) is 17.8 Å². The van der Waals surface area contributed by atoms with E-state index >= 15 is 0 Å². The van der Waals surface area contributed by atoms with Gasteiger partial charge in [-0.1, -0.05) is 36.4 Å². The summed E-state index contributed by atoms with van der Waals surface area (Å²) in [5.74, 6) is 1.68. The van der Waals surface area contributed by atoms with Crippen LogP contribution in [0.2, 0.25) is 0 Å². The van der Waals surface area contributed by atoms with Crippen LogP contribution >= 0.6 is 0 Å². The lowest BCUT2D eigenvalue weighted by atomic mass is 9.85. The number of nitrogens with zero attached hydrogens (tertiary/aromatic N) is 2. The lowest BCUT2D eigenvalue weighted by Crippen LogP contribution is -2.52. The predicted octanol–water partition coefficient (Wildman–Crippen LogP) is 3.15. The first kappa shape index (κ1) is 23.3. The number of nitrogens with one attached hydrogen (secondary N) is 1. The van der Waals surface area contributed by atoms with Crippen molar-refractivity contribution in [3.8, 4) is 5.75 Å². The molecule has 0 bridgehead atoms. The molecule has 34 heavy (non-hydrogen) atoms. The fourth-order valence-electron chi connectivity index (χ4n) is 5.08. The molecular formula is C28H37N3O3. The van der Waals surface area contributed by atoms with E-state index in [1.807, 2.05) is 36.9 Å². The molecule has 2 aliphatic heterocycles. The molecule has 2 heterocycles. The molecule has 1 amide bonds. The fraction of sp³-hybridized carbons (Fsp3) is 0.536. The second-order valence-electron chi connectivity index (χ2n) is 10.7. The number of aliphatic hydroxyl groups excluding tert-OH is 1. The van der Waals surface area contributed by atoms with Gasteiger partial charge in [0.2, 0.25) is 5.91 Å². The normalized spacial score (nSPS) is 24.4. The highest BCUT2D eigenvalue weighted by Crippen LogP contribution is 2.41. The zero-order chi connectivity index (χ0) is 23.7. The average molecular weight is 464 g/mol. The number of piperazine rings is 1. The van der Waals surface area contributed by atoms with Gasteiger partial charge in [-0.25, -0.2) is 0 Å². The Bertz CT molecular complexity index is 997.